The van der Waals surface area contributed by atoms with Crippen molar-refractivity contribution in [3.05, 3.63) is 275 Å². The Labute approximate surface area is 809 Å². The van der Waals surface area contributed by atoms with E-state index in [0.717, 1.165) is 155 Å². The van der Waals surface area contributed by atoms with Crippen molar-refractivity contribution in [1.29, 1.82) is 0 Å². The summed E-state index contributed by atoms with van der Waals surface area (Å²) in [6.07, 6.45) is 9.92. The zero-order valence-corrected chi connectivity index (χ0v) is 77.8. The molecule has 4 fully saturated rings. The predicted molar refractivity (Wildman–Crippen MR) is 537 cm³/mol. The van der Waals surface area contributed by atoms with E-state index in [2.05, 4.69) is 116 Å². The van der Waals surface area contributed by atoms with Crippen molar-refractivity contribution in [2.45, 2.75) is 169 Å². The van der Waals surface area contributed by atoms with E-state index in [1.807, 2.05) is 63.2 Å². The lowest BCUT2D eigenvalue weighted by Gasteiger charge is -2.32. The number of piperidine rings is 4. The first kappa shape index (κ1) is 96.6. The molecule has 138 heavy (non-hydrogen) atoms. The number of hydrogen-bond acceptors (Lipinski definition) is 27. The van der Waals surface area contributed by atoms with Crippen LogP contribution in [0.4, 0.5) is 87.4 Å². The Kier molecular flexibility index (Phi) is 30.0. The number of furan rings is 1. The summed E-state index contributed by atoms with van der Waals surface area (Å²) in [5.74, 6) is 10.5. The molecule has 4 unspecified atom stereocenters. The summed E-state index contributed by atoms with van der Waals surface area (Å²) in [5, 5.41) is 29.0. The van der Waals surface area contributed by atoms with Crippen LogP contribution in [0.2, 0.25) is 0 Å². The summed E-state index contributed by atoms with van der Waals surface area (Å²) >= 11 is 0. The van der Waals surface area contributed by atoms with E-state index in [9.17, 15) is 34.4 Å². The molecule has 0 saturated carbocycles. The summed E-state index contributed by atoms with van der Waals surface area (Å²) in [6.45, 7) is 12.4. The highest BCUT2D eigenvalue weighted by Gasteiger charge is 2.37. The Morgan fingerprint density at radius 2 is 0.732 bits per heavy atom. The average Bonchev–Trinajstić information content (AvgIpc) is 1.54. The summed E-state index contributed by atoms with van der Waals surface area (Å²) in [5.41, 5.74) is 9.94. The number of hydrogen-bond donors (Lipinski definition) is 4. The third-order valence-electron chi connectivity index (χ3n) is 25.7. The molecule has 716 valence electrons. The number of nitrogens with zero attached hydrogens (tertiary/aromatic N) is 16. The number of halogens is 4. The maximum Gasteiger partial charge on any atom is 0.247 e. The topological polar surface area (TPSA) is 323 Å². The minimum atomic E-state index is -1.17. The number of anilines is 12. The maximum absolute atomic E-state index is 13.7. The van der Waals surface area contributed by atoms with Gasteiger partial charge in [-0.25, -0.2) is 37.5 Å². The van der Waals surface area contributed by atoms with Crippen LogP contribution < -0.4 is 40.9 Å². The average molecular weight is 1940 g/mol. The minimum Gasteiger partial charge on any atom is -0.461 e. The fourth-order valence-electron chi connectivity index (χ4n) is 18.4. The highest BCUT2D eigenvalue weighted by Crippen LogP contribution is 2.43. The molecule has 0 amide bonds. The van der Waals surface area contributed by atoms with Gasteiger partial charge in [-0.2, -0.15) is 24.9 Å². The smallest absolute Gasteiger partial charge is 0.247 e. The normalized spacial score (nSPS) is 18.0. The van der Waals surface area contributed by atoms with Crippen LogP contribution in [0.25, 0.3) is 33.2 Å². The molecule has 27 nitrogen and oxygen atoms in total. The van der Waals surface area contributed by atoms with Gasteiger partial charge in [0.25, 0.3) is 0 Å². The Hall–Kier alpha value is -13.1. The Morgan fingerprint density at radius 1 is 0.362 bits per heavy atom. The van der Waals surface area contributed by atoms with Crippen molar-refractivity contribution in [3.8, 4) is 11.5 Å². The lowest BCUT2D eigenvalue weighted by Crippen LogP contribution is -2.34. The second-order valence-corrected chi connectivity index (χ2v) is 41.2. The van der Waals surface area contributed by atoms with Crippen LogP contribution in [0.5, 0.6) is 0 Å². The largest absolute Gasteiger partial charge is 0.461 e. The first-order valence-corrected chi connectivity index (χ1v) is 51.0. The highest BCUT2D eigenvalue weighted by atomic mass is 32.2. The number of para-hydroxylation sites is 1. The number of nitrogens with one attached hydrogen (secondary N) is 4. The standard InChI is InChI=1S/C27H25FN4OS.C26H25FN6O2S.C25H23FN4O2S.C22H25FN6O2S.3CH4/c28-22-6-3-7-23(17-22)29-26-25-24(12-15-34(25)33)30-27(31-26)32-13-10-19(11-14-32)21-9-8-18-4-1-2-5-20(18)16-21;1-16-5-7-17(8-6-16)24-31-32-25(35-24)18-9-12-33(13-10-18)26-29-21-11-14-36(34)22(21)23(30-26)28-20-4-2-3-19(27)15-20;26-18-5-3-6-19(15-18)27-24-23-20(10-13-33(23)31)28-25(29-24)30-11-8-16(9-12-30)22-14-17-4-1-2-7-21(17)32-22;1-13(2)19-26-21(31-28-19)14-6-9-29(10-7-14)22-25-17-8-11-32(30)18(17)20(27-22)24-16-5-3-4-15(23)12-16;;;/h1-9,16-17,19H,10-15H2,(H,29,30,31);2-8,15,18H,9-14H2,1H3,(H,28,29,30);1-7,14-16H,8-13H2,(H,27,28,29);3-5,12-14H,6-11H2,1-2H3,(H,24,25,27);3*1H4. The van der Waals surface area contributed by atoms with Crippen LogP contribution in [0.1, 0.15) is 174 Å². The van der Waals surface area contributed by atoms with Crippen LogP contribution >= 0.6 is 0 Å². The minimum absolute atomic E-state index is 0. The molecule has 15 heterocycles. The van der Waals surface area contributed by atoms with Crippen molar-refractivity contribution in [1.82, 2.24) is 60.2 Å². The van der Waals surface area contributed by atoms with Gasteiger partial charge >= 0.3 is 0 Å². The molecule has 4 saturated heterocycles. The zero-order valence-electron chi connectivity index (χ0n) is 74.5. The van der Waals surface area contributed by atoms with Gasteiger partial charge in [0.1, 0.15) is 54.2 Å². The molecule has 23 rings (SSSR count). The summed E-state index contributed by atoms with van der Waals surface area (Å²) in [4.78, 5) is 53.7. The monoisotopic (exact) mass is 1940 g/mol. The van der Waals surface area contributed by atoms with Crippen molar-refractivity contribution in [2.75, 3.05) is 116 Å². The van der Waals surface area contributed by atoms with Gasteiger partial charge in [-0.3, -0.25) is 16.8 Å². The second kappa shape index (κ2) is 42.9. The fraction of sp³-hybridized carbons (Fsp3) is 0.340. The van der Waals surface area contributed by atoms with E-state index in [-0.39, 0.29) is 63.3 Å². The Bertz CT molecular complexity index is 6970. The van der Waals surface area contributed by atoms with Crippen LogP contribution in [0.3, 0.4) is 0 Å². The summed E-state index contributed by atoms with van der Waals surface area (Å²) in [6, 6.07) is 58.3. The van der Waals surface area contributed by atoms with E-state index in [1.54, 1.807) is 48.5 Å². The number of rotatable bonds is 18. The Balaban J connectivity index is 0.000000126. The van der Waals surface area contributed by atoms with E-state index in [4.69, 9.17) is 53.2 Å². The van der Waals surface area contributed by atoms with Gasteiger partial charge in [0.15, 0.2) is 29.1 Å². The molecule has 0 bridgehead atoms. The number of aromatic nitrogens is 12. The quantitative estimate of drug-likeness (QED) is 0.0580. The van der Waals surface area contributed by atoms with Crippen LogP contribution in [-0.4, -0.2) is 152 Å². The molecule has 8 aliphatic heterocycles. The molecule has 35 heteroatoms. The molecule has 4 atom stereocenters. The van der Waals surface area contributed by atoms with Crippen molar-refractivity contribution < 1.29 is 47.8 Å². The number of aryl methyl sites for hydroxylation is 5. The first-order valence-electron chi connectivity index (χ1n) is 45.8. The molecule has 15 aromatic rings. The molecule has 8 aromatic carbocycles. The molecule has 4 N–H and O–H groups in total. The van der Waals surface area contributed by atoms with Crippen LogP contribution in [-0.2, 0) is 68.9 Å². The summed E-state index contributed by atoms with van der Waals surface area (Å²) < 4.78 is 123. The SMILES string of the molecule is C.C.C.CC(C)c1noc(C2CCN(c3nc4c(c(Nc5cccc(F)c5)n3)S(=O)CC4)CC2)n1.Cc1ccc(-c2nnc(C3CCN(c4nc5c(c(Nc6cccc(F)c6)n4)S(=O)CC5)CC3)o2)cc1.O=S1CCc2nc(N3CCC(c4cc5ccccc5o4)CC3)nc(Nc3cccc(F)c3)c21.O=S1CCc2nc(N3CCC(c4ccc5ccccc5c4)CC3)nc(Nc3cccc(F)c3)c21. The van der Waals surface area contributed by atoms with Gasteiger partial charge in [-0.05, 0) is 178 Å². The first-order chi connectivity index (χ1) is 65.8. The van der Waals surface area contributed by atoms with Gasteiger partial charge in [-0.15, -0.1) is 10.2 Å². The van der Waals surface area contributed by atoms with E-state index >= 15 is 0 Å². The van der Waals surface area contributed by atoms with E-state index < -0.39 is 43.2 Å². The van der Waals surface area contributed by atoms with Crippen molar-refractivity contribution >= 4 is 135 Å². The van der Waals surface area contributed by atoms with E-state index in [0.29, 0.717) is 168 Å². The number of benzene rings is 8. The molecular formula is C103H110F4N20O7S4. The third-order valence-corrected chi connectivity index (χ3v) is 31.5. The molecule has 7 aromatic heterocycles. The molecule has 0 spiro atoms. The second-order valence-electron chi connectivity index (χ2n) is 35.1. The van der Waals surface area contributed by atoms with Gasteiger partial charge in [0.05, 0.1) is 66.0 Å². The van der Waals surface area contributed by atoms with Gasteiger partial charge in [0, 0.05) is 158 Å². The van der Waals surface area contributed by atoms with Crippen LogP contribution in [0.15, 0.2) is 227 Å². The van der Waals surface area contributed by atoms with Crippen molar-refractivity contribution in [3.63, 3.8) is 0 Å². The summed E-state index contributed by atoms with van der Waals surface area (Å²) in [7, 11) is -4.63. The lowest BCUT2D eigenvalue weighted by atomic mass is 9.88. The maximum atomic E-state index is 13.7. The van der Waals surface area contributed by atoms with E-state index in [1.165, 1.54) is 70.4 Å². The van der Waals surface area contributed by atoms with Gasteiger partial charge < -0.3 is 54.2 Å². The zero-order chi connectivity index (χ0) is 92.3. The molecule has 0 radical (unpaired) electrons. The molecule has 8 aliphatic rings. The third kappa shape index (κ3) is 21.7. The lowest BCUT2D eigenvalue weighted by molar-refractivity contribution is 0.325. The highest BCUT2D eigenvalue weighted by molar-refractivity contribution is 7.86. The van der Waals surface area contributed by atoms with Gasteiger partial charge in [-0.1, -0.05) is 144 Å². The molecular weight excluding hydrogens is 1830 g/mol. The Morgan fingerprint density at radius 3 is 1.12 bits per heavy atom. The fourth-order valence-corrected chi connectivity index (χ4v) is 23.6. The predicted octanol–water partition coefficient (Wildman–Crippen LogP) is 21.3. The van der Waals surface area contributed by atoms with Gasteiger partial charge in [0.2, 0.25) is 41.5 Å². The molecule has 0 aliphatic carbocycles. The van der Waals surface area contributed by atoms with Crippen LogP contribution in [0, 0.1) is 30.2 Å². The van der Waals surface area contributed by atoms with Crippen molar-refractivity contribution in [2.24, 2.45) is 0 Å². The number of fused-ring (bicyclic) bond motifs is 6.